The number of nitrogens with one attached hydrogen (secondary N) is 1. The number of anilines is 1. The SMILES string of the molecule is CN1CCN(c2cc(-c3n[nH]c4ccc(OC5(C)CC5)cc34)ncn2)CC12CC2. The molecule has 1 aromatic carbocycles. The minimum absolute atomic E-state index is 0.000146. The second-order valence-corrected chi connectivity index (χ2v) is 9.16. The van der Waals surface area contributed by atoms with Crippen molar-refractivity contribution in [1.82, 2.24) is 25.1 Å². The van der Waals surface area contributed by atoms with Crippen molar-refractivity contribution in [3.8, 4) is 17.1 Å². The summed E-state index contributed by atoms with van der Waals surface area (Å²) in [5, 5.41) is 8.73. The summed E-state index contributed by atoms with van der Waals surface area (Å²) in [6, 6.07) is 8.20. The Balaban J connectivity index is 1.33. The molecule has 3 aromatic rings. The Kier molecular flexibility index (Phi) is 3.51. The Morgan fingerprint density at radius 3 is 2.72 bits per heavy atom. The molecule has 1 saturated heterocycles. The average Bonchev–Trinajstić information content (AvgIpc) is 3.62. The van der Waals surface area contributed by atoms with Gasteiger partial charge in [0.25, 0.3) is 0 Å². The lowest BCUT2D eigenvalue weighted by molar-refractivity contribution is 0.198. The highest BCUT2D eigenvalue weighted by Crippen LogP contribution is 2.44. The molecule has 2 saturated carbocycles. The Morgan fingerprint density at radius 2 is 1.93 bits per heavy atom. The number of ether oxygens (including phenoxy) is 1. The van der Waals surface area contributed by atoms with Gasteiger partial charge in [0.15, 0.2) is 0 Å². The van der Waals surface area contributed by atoms with E-state index < -0.39 is 0 Å². The number of fused-ring (bicyclic) bond motifs is 1. The molecule has 1 spiro atoms. The van der Waals surface area contributed by atoms with Gasteiger partial charge in [-0.25, -0.2) is 9.97 Å². The molecule has 1 aliphatic heterocycles. The highest BCUT2D eigenvalue weighted by Gasteiger charge is 2.49. The molecular formula is C22H26N6O. The highest BCUT2D eigenvalue weighted by molar-refractivity contribution is 5.93. The molecule has 29 heavy (non-hydrogen) atoms. The van der Waals surface area contributed by atoms with Gasteiger partial charge in [0, 0.05) is 36.6 Å². The zero-order valence-electron chi connectivity index (χ0n) is 17.0. The van der Waals surface area contributed by atoms with Crippen molar-refractivity contribution in [1.29, 1.82) is 0 Å². The number of rotatable bonds is 4. The largest absolute Gasteiger partial charge is 0.488 e. The first-order valence-corrected chi connectivity index (χ1v) is 10.5. The van der Waals surface area contributed by atoms with E-state index in [4.69, 9.17) is 4.74 Å². The number of nitrogens with zero attached hydrogens (tertiary/aromatic N) is 5. The second kappa shape index (κ2) is 5.92. The van der Waals surface area contributed by atoms with Gasteiger partial charge in [-0.1, -0.05) is 0 Å². The van der Waals surface area contributed by atoms with E-state index in [1.165, 1.54) is 12.8 Å². The number of benzene rings is 1. The van der Waals surface area contributed by atoms with Crippen LogP contribution in [0.3, 0.4) is 0 Å². The van der Waals surface area contributed by atoms with Gasteiger partial charge in [0.1, 0.15) is 29.2 Å². The van der Waals surface area contributed by atoms with E-state index >= 15 is 0 Å². The van der Waals surface area contributed by atoms with Crippen molar-refractivity contribution >= 4 is 16.7 Å². The molecule has 6 rings (SSSR count). The summed E-state index contributed by atoms with van der Waals surface area (Å²) in [6.07, 6.45) is 6.46. The van der Waals surface area contributed by atoms with Crippen LogP contribution in [-0.2, 0) is 0 Å². The summed E-state index contributed by atoms with van der Waals surface area (Å²) >= 11 is 0. The van der Waals surface area contributed by atoms with Crippen LogP contribution in [0.5, 0.6) is 5.75 Å². The smallest absolute Gasteiger partial charge is 0.132 e. The molecular weight excluding hydrogens is 364 g/mol. The third-order valence-corrected chi connectivity index (χ3v) is 6.90. The molecule has 0 atom stereocenters. The van der Waals surface area contributed by atoms with Crippen LogP contribution < -0.4 is 9.64 Å². The summed E-state index contributed by atoms with van der Waals surface area (Å²) in [5.74, 6) is 1.88. The number of hydrogen-bond donors (Lipinski definition) is 1. The number of H-pyrrole nitrogens is 1. The Bertz CT molecular complexity index is 1080. The zero-order chi connectivity index (χ0) is 19.6. The van der Waals surface area contributed by atoms with Crippen LogP contribution in [0.2, 0.25) is 0 Å². The van der Waals surface area contributed by atoms with Crippen LogP contribution in [0.4, 0.5) is 5.82 Å². The van der Waals surface area contributed by atoms with Crippen molar-refractivity contribution in [3.63, 3.8) is 0 Å². The molecule has 150 valence electrons. The van der Waals surface area contributed by atoms with Crippen LogP contribution in [0, 0.1) is 0 Å². The Hall–Kier alpha value is -2.67. The summed E-state index contributed by atoms with van der Waals surface area (Å²) in [4.78, 5) is 14.0. The first kappa shape index (κ1) is 17.2. The van der Waals surface area contributed by atoms with Gasteiger partial charge in [0.2, 0.25) is 0 Å². The van der Waals surface area contributed by atoms with Crippen LogP contribution >= 0.6 is 0 Å². The molecule has 0 unspecified atom stereocenters. The van der Waals surface area contributed by atoms with E-state index in [9.17, 15) is 0 Å². The lowest BCUT2D eigenvalue weighted by Crippen LogP contribution is -2.53. The minimum atomic E-state index is -0.000146. The highest BCUT2D eigenvalue weighted by atomic mass is 16.5. The van der Waals surface area contributed by atoms with Crippen molar-refractivity contribution in [2.75, 3.05) is 31.6 Å². The summed E-state index contributed by atoms with van der Waals surface area (Å²) in [7, 11) is 2.24. The first-order chi connectivity index (χ1) is 14.0. The fourth-order valence-electron chi connectivity index (χ4n) is 4.41. The third-order valence-electron chi connectivity index (χ3n) is 6.90. The van der Waals surface area contributed by atoms with Gasteiger partial charge in [-0.3, -0.25) is 10.00 Å². The number of aromatic amines is 1. The summed E-state index contributed by atoms with van der Waals surface area (Å²) < 4.78 is 6.15. The maximum Gasteiger partial charge on any atom is 0.132 e. The number of aromatic nitrogens is 4. The molecule has 1 N–H and O–H groups in total. The normalized spacial score (nSPS) is 22.2. The van der Waals surface area contributed by atoms with E-state index in [1.54, 1.807) is 6.33 Å². The van der Waals surface area contributed by atoms with Gasteiger partial charge in [0.05, 0.1) is 11.2 Å². The number of likely N-dealkylation sites (N-methyl/N-ethyl adjacent to an activating group) is 1. The molecule has 0 bridgehead atoms. The topological polar surface area (TPSA) is 70.2 Å². The fourth-order valence-corrected chi connectivity index (χ4v) is 4.41. The standard InChI is InChI=1S/C22H26N6O/c1-21(5-6-21)29-15-3-4-17-16(11-15)20(26-25-17)18-12-19(24-14-23-18)28-10-9-27(2)22(13-28)7-8-22/h3-4,11-12,14H,5-10,13H2,1-2H3,(H,25,26). The Labute approximate surface area is 170 Å². The van der Waals surface area contributed by atoms with Crippen molar-refractivity contribution in [3.05, 3.63) is 30.6 Å². The van der Waals surface area contributed by atoms with Gasteiger partial charge >= 0.3 is 0 Å². The Morgan fingerprint density at radius 1 is 1.07 bits per heavy atom. The zero-order valence-corrected chi connectivity index (χ0v) is 17.0. The number of hydrogen-bond acceptors (Lipinski definition) is 6. The maximum atomic E-state index is 6.15. The van der Waals surface area contributed by atoms with Gasteiger partial charge in [-0.05, 0) is 57.9 Å². The molecule has 3 fully saturated rings. The molecule has 7 heteroatoms. The minimum Gasteiger partial charge on any atom is -0.488 e. The summed E-state index contributed by atoms with van der Waals surface area (Å²) in [5.41, 5.74) is 3.04. The molecule has 0 radical (unpaired) electrons. The third kappa shape index (κ3) is 2.95. The van der Waals surface area contributed by atoms with Crippen LogP contribution in [0.25, 0.3) is 22.3 Å². The quantitative estimate of drug-likeness (QED) is 0.738. The van der Waals surface area contributed by atoms with Crippen LogP contribution in [0.15, 0.2) is 30.6 Å². The van der Waals surface area contributed by atoms with E-state index in [2.05, 4.69) is 56.1 Å². The van der Waals surface area contributed by atoms with Gasteiger partial charge < -0.3 is 9.64 Å². The van der Waals surface area contributed by atoms with Crippen molar-refractivity contribution in [2.24, 2.45) is 0 Å². The molecule has 3 heterocycles. The summed E-state index contributed by atoms with van der Waals surface area (Å²) in [6.45, 7) is 5.27. The van der Waals surface area contributed by atoms with Crippen molar-refractivity contribution in [2.45, 2.75) is 43.7 Å². The first-order valence-electron chi connectivity index (χ1n) is 10.5. The number of piperazine rings is 1. The molecule has 2 aliphatic carbocycles. The van der Waals surface area contributed by atoms with E-state index in [0.717, 1.165) is 66.3 Å². The van der Waals surface area contributed by atoms with Gasteiger partial charge in [-0.15, -0.1) is 0 Å². The van der Waals surface area contributed by atoms with E-state index in [1.807, 2.05) is 12.1 Å². The predicted molar refractivity (Wildman–Crippen MR) is 112 cm³/mol. The van der Waals surface area contributed by atoms with Crippen LogP contribution in [0.1, 0.15) is 32.6 Å². The van der Waals surface area contributed by atoms with Crippen LogP contribution in [-0.4, -0.2) is 62.9 Å². The average molecular weight is 390 g/mol. The molecule has 7 nitrogen and oxygen atoms in total. The molecule has 2 aromatic heterocycles. The van der Waals surface area contributed by atoms with E-state index in [-0.39, 0.29) is 5.60 Å². The monoisotopic (exact) mass is 390 g/mol. The second-order valence-electron chi connectivity index (χ2n) is 9.16. The van der Waals surface area contributed by atoms with E-state index in [0.29, 0.717) is 5.54 Å². The lowest BCUT2D eigenvalue weighted by atomic mass is 10.1. The fraction of sp³-hybridized carbons (Fsp3) is 0.500. The lowest BCUT2D eigenvalue weighted by Gasteiger charge is -2.40. The van der Waals surface area contributed by atoms with Crippen molar-refractivity contribution < 1.29 is 4.74 Å². The maximum absolute atomic E-state index is 6.15. The van der Waals surface area contributed by atoms with Gasteiger partial charge in [-0.2, -0.15) is 5.10 Å². The molecule has 3 aliphatic rings. The molecule has 0 amide bonds. The predicted octanol–water partition coefficient (Wildman–Crippen LogP) is 3.24.